The number of ether oxygens (including phenoxy) is 1. The quantitative estimate of drug-likeness (QED) is 0.362. The zero-order valence-corrected chi connectivity index (χ0v) is 17.2. The lowest BCUT2D eigenvalue weighted by atomic mass is 9.99. The maximum absolute atomic E-state index is 8.47. The number of nitrogen functional groups attached to an aromatic ring is 1. The van der Waals surface area contributed by atoms with Crippen LogP contribution in [0.5, 0.6) is 0 Å². The minimum Gasteiger partial charge on any atom is -0.399 e. The molecule has 2 heterocycles. The van der Waals surface area contributed by atoms with Crippen molar-refractivity contribution < 1.29 is 4.74 Å². The topological polar surface area (TPSA) is 104 Å². The van der Waals surface area contributed by atoms with Gasteiger partial charge in [-0.2, -0.15) is 4.68 Å². The summed E-state index contributed by atoms with van der Waals surface area (Å²) in [6, 6.07) is 13.8. The number of rotatable bonds is 3. The predicted octanol–water partition coefficient (Wildman–Crippen LogP) is 3.16. The Balaban J connectivity index is 0.00000117. The van der Waals surface area contributed by atoms with Crippen molar-refractivity contribution in [2.75, 3.05) is 30.9 Å². The Labute approximate surface area is 170 Å². The van der Waals surface area contributed by atoms with Crippen molar-refractivity contribution in [2.24, 2.45) is 0 Å². The van der Waals surface area contributed by atoms with Gasteiger partial charge in [0.1, 0.15) is 6.61 Å². The van der Waals surface area contributed by atoms with Gasteiger partial charge in [-0.3, -0.25) is 10.8 Å². The van der Waals surface area contributed by atoms with Gasteiger partial charge in [0.2, 0.25) is 0 Å². The number of hydrogen-bond donors (Lipinski definition) is 3. The Bertz CT molecular complexity index is 1090. The molecule has 4 rings (SSSR count). The second-order valence-electron chi connectivity index (χ2n) is 6.71. The van der Waals surface area contributed by atoms with Crippen LogP contribution in [0.15, 0.2) is 42.5 Å². The van der Waals surface area contributed by atoms with E-state index >= 15 is 0 Å². The second kappa shape index (κ2) is 8.87. The van der Waals surface area contributed by atoms with Gasteiger partial charge in [-0.25, -0.2) is 0 Å². The van der Waals surface area contributed by atoms with Gasteiger partial charge in [-0.15, -0.1) is 5.10 Å². The number of anilines is 2. The number of aromatic nitrogens is 2. The Morgan fingerprint density at radius 3 is 2.59 bits per heavy atom. The summed E-state index contributed by atoms with van der Waals surface area (Å²) in [6.45, 7) is 5.62. The van der Waals surface area contributed by atoms with Gasteiger partial charge in [0, 0.05) is 36.7 Å². The number of nitrogens with zero attached hydrogens (tertiary/aromatic N) is 3. The summed E-state index contributed by atoms with van der Waals surface area (Å²) >= 11 is 0. The molecule has 152 valence electrons. The molecule has 4 N–H and O–H groups in total. The first-order valence-corrected chi connectivity index (χ1v) is 9.84. The van der Waals surface area contributed by atoms with Crippen LogP contribution < -0.4 is 16.1 Å². The summed E-state index contributed by atoms with van der Waals surface area (Å²) in [6.07, 6.45) is 0.907. The van der Waals surface area contributed by atoms with Gasteiger partial charge >= 0.3 is 0 Å². The van der Waals surface area contributed by atoms with E-state index in [2.05, 4.69) is 16.1 Å². The van der Waals surface area contributed by atoms with Gasteiger partial charge in [-0.05, 0) is 29.7 Å². The van der Waals surface area contributed by atoms with Crippen molar-refractivity contribution in [3.63, 3.8) is 0 Å². The molecule has 2 aromatic carbocycles. The maximum Gasteiger partial charge on any atom is 0.157 e. The van der Waals surface area contributed by atoms with Gasteiger partial charge in [0.15, 0.2) is 17.1 Å². The molecule has 0 aliphatic carbocycles. The fourth-order valence-electron chi connectivity index (χ4n) is 3.58. The molecule has 0 radical (unpaired) electrons. The van der Waals surface area contributed by atoms with Crippen molar-refractivity contribution >= 4 is 28.1 Å². The predicted molar refractivity (Wildman–Crippen MR) is 118 cm³/mol. The van der Waals surface area contributed by atoms with E-state index in [-0.39, 0.29) is 17.9 Å². The molecular formula is C22H28N6O. The number of nitrogens with two attached hydrogens (primary N) is 1. The molecule has 0 saturated heterocycles. The summed E-state index contributed by atoms with van der Waals surface area (Å²) in [4.78, 5) is 2.19. The van der Waals surface area contributed by atoms with Gasteiger partial charge in [0.05, 0.1) is 0 Å². The second-order valence-corrected chi connectivity index (χ2v) is 6.71. The van der Waals surface area contributed by atoms with E-state index < -0.39 is 0 Å². The molecule has 0 bridgehead atoms. The monoisotopic (exact) mass is 392 g/mol. The third kappa shape index (κ3) is 4.00. The standard InChI is InChI=1S/C20H22N6O.C2H6/c1-27-12-18(22)26-19(23)16-4-2-3-5-17(16)20(24-26)25-9-8-13-6-7-15(21)10-14(13)11-25;1-2/h2-7,10,22-23H,8-9,11-12,21H2,1H3;1-2H3. The Morgan fingerprint density at radius 1 is 1.14 bits per heavy atom. The molecule has 1 aliphatic rings. The first-order chi connectivity index (χ1) is 14.1. The summed E-state index contributed by atoms with van der Waals surface area (Å²) in [5, 5.41) is 23.0. The van der Waals surface area contributed by atoms with E-state index in [1.165, 1.54) is 22.9 Å². The average Bonchev–Trinajstić information content (AvgIpc) is 2.75. The SMILES string of the molecule is CC.COCC(=N)n1nc(N2CCc3ccc(N)cc3C2)c2ccccc2c1=N. The van der Waals surface area contributed by atoms with Gasteiger partial charge < -0.3 is 15.4 Å². The molecule has 0 saturated carbocycles. The molecule has 0 fully saturated rings. The fourth-order valence-corrected chi connectivity index (χ4v) is 3.58. The highest BCUT2D eigenvalue weighted by Gasteiger charge is 2.21. The largest absolute Gasteiger partial charge is 0.399 e. The highest BCUT2D eigenvalue weighted by Crippen LogP contribution is 2.28. The van der Waals surface area contributed by atoms with E-state index in [0.717, 1.165) is 35.2 Å². The third-order valence-corrected chi connectivity index (χ3v) is 4.91. The lowest BCUT2D eigenvalue weighted by molar-refractivity contribution is 0.241. The first-order valence-electron chi connectivity index (χ1n) is 9.84. The number of hydrogen-bond acceptors (Lipinski definition) is 6. The van der Waals surface area contributed by atoms with Crippen LogP contribution in [0.3, 0.4) is 0 Å². The first kappa shape index (κ1) is 20.5. The summed E-state index contributed by atoms with van der Waals surface area (Å²) in [7, 11) is 1.53. The Kier molecular flexibility index (Phi) is 6.29. The summed E-state index contributed by atoms with van der Waals surface area (Å²) in [5.41, 5.74) is 9.42. The third-order valence-electron chi connectivity index (χ3n) is 4.91. The smallest absolute Gasteiger partial charge is 0.157 e. The van der Waals surface area contributed by atoms with E-state index in [1.807, 2.05) is 50.2 Å². The summed E-state index contributed by atoms with van der Waals surface area (Å²) < 4.78 is 6.43. The lowest BCUT2D eigenvalue weighted by Gasteiger charge is -2.31. The van der Waals surface area contributed by atoms with Crippen LogP contribution in [-0.4, -0.2) is 35.9 Å². The number of benzene rings is 2. The van der Waals surface area contributed by atoms with Crippen LogP contribution in [0.1, 0.15) is 25.0 Å². The zero-order valence-electron chi connectivity index (χ0n) is 17.2. The van der Waals surface area contributed by atoms with E-state index in [9.17, 15) is 0 Å². The molecule has 7 heteroatoms. The normalized spacial score (nSPS) is 12.9. The van der Waals surface area contributed by atoms with Crippen LogP contribution in [0, 0.1) is 10.8 Å². The highest BCUT2D eigenvalue weighted by atomic mass is 16.5. The van der Waals surface area contributed by atoms with Crippen LogP contribution in [0.4, 0.5) is 11.5 Å². The molecule has 29 heavy (non-hydrogen) atoms. The number of fused-ring (bicyclic) bond motifs is 2. The zero-order chi connectivity index (χ0) is 21.0. The van der Waals surface area contributed by atoms with Gasteiger partial charge in [0.25, 0.3) is 0 Å². The lowest BCUT2D eigenvalue weighted by Crippen LogP contribution is -2.37. The van der Waals surface area contributed by atoms with Crippen LogP contribution >= 0.6 is 0 Å². The molecule has 0 unspecified atom stereocenters. The van der Waals surface area contributed by atoms with E-state index in [0.29, 0.717) is 6.54 Å². The minimum atomic E-state index is 0.0979. The molecular weight excluding hydrogens is 364 g/mol. The van der Waals surface area contributed by atoms with Crippen LogP contribution in [0.2, 0.25) is 0 Å². The molecule has 0 amide bonds. The van der Waals surface area contributed by atoms with Crippen molar-refractivity contribution in [1.82, 2.24) is 9.78 Å². The van der Waals surface area contributed by atoms with Crippen LogP contribution in [-0.2, 0) is 17.7 Å². The Morgan fingerprint density at radius 2 is 1.86 bits per heavy atom. The maximum atomic E-state index is 8.47. The van der Waals surface area contributed by atoms with E-state index in [4.69, 9.17) is 21.3 Å². The van der Waals surface area contributed by atoms with Crippen molar-refractivity contribution in [2.45, 2.75) is 26.8 Å². The fraction of sp³-hybridized carbons (Fsp3) is 0.318. The van der Waals surface area contributed by atoms with Crippen molar-refractivity contribution in [1.29, 1.82) is 10.8 Å². The molecule has 3 aromatic rings. The van der Waals surface area contributed by atoms with Crippen molar-refractivity contribution in [3.05, 3.63) is 59.1 Å². The minimum absolute atomic E-state index is 0.0979. The number of methoxy groups -OCH3 is 1. The van der Waals surface area contributed by atoms with E-state index in [1.54, 1.807) is 0 Å². The molecule has 0 atom stereocenters. The van der Waals surface area contributed by atoms with Crippen LogP contribution in [0.25, 0.3) is 10.8 Å². The average molecular weight is 393 g/mol. The van der Waals surface area contributed by atoms with Crippen molar-refractivity contribution in [3.8, 4) is 0 Å². The highest BCUT2D eigenvalue weighted by molar-refractivity contribution is 5.93. The molecule has 0 spiro atoms. The molecule has 1 aromatic heterocycles. The van der Waals surface area contributed by atoms with Gasteiger partial charge in [-0.1, -0.05) is 44.2 Å². The number of nitrogens with one attached hydrogen (secondary N) is 2. The molecule has 7 nitrogen and oxygen atoms in total. The molecule has 1 aliphatic heterocycles. The summed E-state index contributed by atoms with van der Waals surface area (Å²) in [5.74, 6) is 0.909. The Hall–Kier alpha value is -3.19.